The summed E-state index contributed by atoms with van der Waals surface area (Å²) >= 11 is 0. The number of carbonyl (C=O) groups excluding carboxylic acids is 1. The highest BCUT2D eigenvalue weighted by molar-refractivity contribution is 5.70. The molecule has 1 saturated carbocycles. The molecule has 1 aliphatic rings. The zero-order valence-electron chi connectivity index (χ0n) is 9.16. The van der Waals surface area contributed by atoms with Crippen molar-refractivity contribution in [1.82, 2.24) is 9.78 Å². The van der Waals surface area contributed by atoms with Crippen LogP contribution in [0.3, 0.4) is 0 Å². The van der Waals surface area contributed by atoms with Gasteiger partial charge in [-0.3, -0.25) is 14.8 Å². The first kappa shape index (κ1) is 11.4. The summed E-state index contributed by atoms with van der Waals surface area (Å²) in [5.41, 5.74) is -0.235. The third kappa shape index (κ3) is 2.52. The van der Waals surface area contributed by atoms with E-state index in [1.165, 1.54) is 18.0 Å². The summed E-state index contributed by atoms with van der Waals surface area (Å²) in [5, 5.41) is 14.7. The Morgan fingerprint density at radius 1 is 1.71 bits per heavy atom. The van der Waals surface area contributed by atoms with E-state index in [4.69, 9.17) is 4.74 Å². The highest BCUT2D eigenvalue weighted by Crippen LogP contribution is 2.37. The molecule has 0 unspecified atom stereocenters. The Labute approximate surface area is 96.3 Å². The van der Waals surface area contributed by atoms with Crippen molar-refractivity contribution in [2.45, 2.75) is 18.9 Å². The lowest BCUT2D eigenvalue weighted by molar-refractivity contribution is -0.385. The molecule has 0 saturated heterocycles. The Morgan fingerprint density at radius 2 is 2.41 bits per heavy atom. The number of ether oxygens (including phenoxy) is 2. The van der Waals surface area contributed by atoms with Crippen LogP contribution in [0.25, 0.3) is 0 Å². The van der Waals surface area contributed by atoms with Gasteiger partial charge < -0.3 is 9.47 Å². The lowest BCUT2D eigenvalue weighted by Gasteiger charge is -2.00. The Morgan fingerprint density at radius 3 is 2.94 bits per heavy atom. The van der Waals surface area contributed by atoms with E-state index in [2.05, 4.69) is 9.84 Å². The molecule has 2 rings (SSSR count). The van der Waals surface area contributed by atoms with Crippen LogP contribution in [0.1, 0.15) is 18.9 Å². The van der Waals surface area contributed by atoms with Gasteiger partial charge >= 0.3 is 17.5 Å². The molecule has 0 atom stereocenters. The largest absolute Gasteiger partial charge is 0.466 e. The summed E-state index contributed by atoms with van der Waals surface area (Å²) in [7, 11) is 1.21. The van der Waals surface area contributed by atoms with Gasteiger partial charge in [0.1, 0.15) is 6.20 Å². The van der Waals surface area contributed by atoms with Gasteiger partial charge in [-0.1, -0.05) is 0 Å². The summed E-state index contributed by atoms with van der Waals surface area (Å²) in [4.78, 5) is 21.0. The van der Waals surface area contributed by atoms with Crippen molar-refractivity contribution in [3.05, 3.63) is 16.3 Å². The van der Waals surface area contributed by atoms with E-state index in [1.807, 2.05) is 0 Å². The maximum Gasteiger partial charge on any atom is 0.350 e. The minimum atomic E-state index is -0.611. The molecule has 0 aliphatic heterocycles. The van der Waals surface area contributed by atoms with Gasteiger partial charge in [-0.05, 0) is 12.8 Å². The quantitative estimate of drug-likeness (QED) is 0.427. The molecule has 1 aliphatic carbocycles. The molecule has 8 nitrogen and oxygen atoms in total. The average molecular weight is 241 g/mol. The maximum atomic E-state index is 10.9. The number of esters is 1. The van der Waals surface area contributed by atoms with Crippen LogP contribution in [-0.4, -0.2) is 34.4 Å². The molecule has 0 radical (unpaired) electrons. The predicted octanol–water partition coefficient (Wildman–Crippen LogP) is 0.678. The Hall–Kier alpha value is -2.12. The Balaban J connectivity index is 2.12. The van der Waals surface area contributed by atoms with Gasteiger partial charge in [0.05, 0.1) is 18.1 Å². The average Bonchev–Trinajstić information content (AvgIpc) is 3.06. The van der Waals surface area contributed by atoms with Gasteiger partial charge in [0, 0.05) is 0 Å². The number of hydrogen-bond donors (Lipinski definition) is 0. The van der Waals surface area contributed by atoms with Crippen LogP contribution < -0.4 is 4.74 Å². The standard InChI is InChI=1S/C9H11N3O5/c1-16-8(13)5-17-9-7(12(14)15)4-11(10-9)6-2-3-6/h4,6H,2-3,5H2,1H3. The Kier molecular flexibility index (Phi) is 2.94. The number of carbonyl (C=O) groups is 1. The van der Waals surface area contributed by atoms with E-state index in [0.29, 0.717) is 0 Å². The second-order valence-electron chi connectivity index (χ2n) is 3.65. The van der Waals surface area contributed by atoms with Gasteiger partial charge in [-0.15, -0.1) is 5.10 Å². The maximum absolute atomic E-state index is 10.9. The van der Waals surface area contributed by atoms with E-state index in [0.717, 1.165) is 12.8 Å². The zero-order valence-corrected chi connectivity index (χ0v) is 9.16. The van der Waals surface area contributed by atoms with Gasteiger partial charge in [0.2, 0.25) is 0 Å². The van der Waals surface area contributed by atoms with Crippen molar-refractivity contribution in [1.29, 1.82) is 0 Å². The molecule has 0 bridgehead atoms. The first-order valence-electron chi connectivity index (χ1n) is 5.05. The molecule has 0 spiro atoms. The number of nitrogens with zero attached hydrogens (tertiary/aromatic N) is 3. The third-order valence-electron chi connectivity index (χ3n) is 2.35. The van der Waals surface area contributed by atoms with Crippen molar-refractivity contribution in [2.75, 3.05) is 13.7 Å². The molecule has 0 aromatic carbocycles. The van der Waals surface area contributed by atoms with Crippen molar-refractivity contribution >= 4 is 11.7 Å². The minimum absolute atomic E-state index is 0.146. The van der Waals surface area contributed by atoms with Gasteiger partial charge in [-0.2, -0.15) is 0 Å². The summed E-state index contributed by atoms with van der Waals surface area (Å²) in [6, 6.07) is 0.212. The number of methoxy groups -OCH3 is 1. The fraction of sp³-hybridized carbons (Fsp3) is 0.556. The topological polar surface area (TPSA) is 96.5 Å². The molecule has 92 valence electrons. The summed E-state index contributed by atoms with van der Waals surface area (Å²) in [5.74, 6) is -0.757. The second-order valence-corrected chi connectivity index (χ2v) is 3.65. The molecule has 0 amide bonds. The zero-order chi connectivity index (χ0) is 12.4. The first-order valence-corrected chi connectivity index (χ1v) is 5.05. The van der Waals surface area contributed by atoms with E-state index in [1.54, 1.807) is 0 Å². The van der Waals surface area contributed by atoms with Crippen molar-refractivity contribution in [3.8, 4) is 5.88 Å². The molecule has 1 aromatic heterocycles. The Bertz CT molecular complexity index is 451. The van der Waals surface area contributed by atoms with Gasteiger partial charge in [-0.25, -0.2) is 4.79 Å². The highest BCUT2D eigenvalue weighted by Gasteiger charge is 2.30. The van der Waals surface area contributed by atoms with Crippen LogP contribution in [0.15, 0.2) is 6.20 Å². The van der Waals surface area contributed by atoms with Crippen molar-refractivity contribution < 1.29 is 19.2 Å². The lowest BCUT2D eigenvalue weighted by atomic mass is 10.5. The number of aromatic nitrogens is 2. The lowest BCUT2D eigenvalue weighted by Crippen LogP contribution is -2.13. The third-order valence-corrected chi connectivity index (χ3v) is 2.35. The summed E-state index contributed by atoms with van der Waals surface area (Å²) < 4.78 is 10.8. The molecule has 1 fully saturated rings. The molecule has 8 heteroatoms. The SMILES string of the molecule is COC(=O)COc1nn(C2CC2)cc1[N+](=O)[O-]. The fourth-order valence-corrected chi connectivity index (χ4v) is 1.31. The first-order chi connectivity index (χ1) is 8.11. The van der Waals surface area contributed by atoms with Gasteiger partial charge in [0.15, 0.2) is 6.61 Å². The molecular weight excluding hydrogens is 230 g/mol. The summed E-state index contributed by atoms with van der Waals surface area (Å²) in [6.07, 6.45) is 3.23. The predicted molar refractivity (Wildman–Crippen MR) is 54.7 cm³/mol. The van der Waals surface area contributed by atoms with Crippen LogP contribution >= 0.6 is 0 Å². The summed E-state index contributed by atoms with van der Waals surface area (Å²) in [6.45, 7) is -0.390. The van der Waals surface area contributed by atoms with Gasteiger partial charge in [0.25, 0.3) is 0 Å². The second kappa shape index (κ2) is 4.40. The fourth-order valence-electron chi connectivity index (χ4n) is 1.31. The van der Waals surface area contributed by atoms with E-state index in [9.17, 15) is 14.9 Å². The van der Waals surface area contributed by atoms with Crippen LogP contribution in [0, 0.1) is 10.1 Å². The van der Waals surface area contributed by atoms with Crippen LogP contribution in [-0.2, 0) is 9.53 Å². The van der Waals surface area contributed by atoms with Crippen LogP contribution in [0.2, 0.25) is 0 Å². The van der Waals surface area contributed by atoms with Crippen LogP contribution in [0.4, 0.5) is 5.69 Å². The highest BCUT2D eigenvalue weighted by atomic mass is 16.6. The molecule has 1 heterocycles. The van der Waals surface area contributed by atoms with Crippen LogP contribution in [0.5, 0.6) is 5.88 Å². The molecular formula is C9H11N3O5. The van der Waals surface area contributed by atoms with Crippen molar-refractivity contribution in [3.63, 3.8) is 0 Å². The monoisotopic (exact) mass is 241 g/mol. The van der Waals surface area contributed by atoms with Crippen molar-refractivity contribution in [2.24, 2.45) is 0 Å². The number of rotatable bonds is 5. The number of nitro groups is 1. The molecule has 17 heavy (non-hydrogen) atoms. The van der Waals surface area contributed by atoms with E-state index >= 15 is 0 Å². The minimum Gasteiger partial charge on any atom is -0.466 e. The normalized spacial score (nSPS) is 14.4. The number of hydrogen-bond acceptors (Lipinski definition) is 6. The molecule has 1 aromatic rings. The van der Waals surface area contributed by atoms with E-state index < -0.39 is 10.9 Å². The van der Waals surface area contributed by atoms with E-state index in [-0.39, 0.29) is 24.2 Å². The smallest absolute Gasteiger partial charge is 0.350 e. The molecule has 0 N–H and O–H groups in total.